The molecule has 0 aliphatic carbocycles. The zero-order valence-electron chi connectivity index (χ0n) is 16.9. The normalized spacial score (nSPS) is 11.6. The number of amides is 2. The van der Waals surface area contributed by atoms with E-state index in [0.717, 1.165) is 23.4 Å². The number of ether oxygens (including phenoxy) is 1. The molecule has 6 nitrogen and oxygen atoms in total. The summed E-state index contributed by atoms with van der Waals surface area (Å²) in [6, 6.07) is 9.53. The van der Waals surface area contributed by atoms with E-state index in [4.69, 9.17) is 4.74 Å². The van der Waals surface area contributed by atoms with Crippen molar-refractivity contribution >= 4 is 23.2 Å². The van der Waals surface area contributed by atoms with Crippen molar-refractivity contribution in [1.82, 2.24) is 15.6 Å². The molecule has 162 valence electrons. The zero-order chi connectivity index (χ0) is 22.4. The number of carbonyl (C=O) groups excluding carboxylic acids is 2. The van der Waals surface area contributed by atoms with Gasteiger partial charge in [0.15, 0.2) is 11.6 Å². The van der Waals surface area contributed by atoms with Crippen LogP contribution in [0.25, 0.3) is 0 Å². The third kappa shape index (κ3) is 6.08. The lowest BCUT2D eigenvalue weighted by Crippen LogP contribution is -2.39. The van der Waals surface area contributed by atoms with Crippen LogP contribution in [-0.4, -0.2) is 23.8 Å². The highest BCUT2D eigenvalue weighted by Gasteiger charge is 2.23. The fourth-order valence-corrected chi connectivity index (χ4v) is 3.49. The van der Waals surface area contributed by atoms with Gasteiger partial charge < -0.3 is 15.4 Å². The van der Waals surface area contributed by atoms with E-state index in [2.05, 4.69) is 15.6 Å². The van der Waals surface area contributed by atoms with E-state index in [9.17, 15) is 18.4 Å². The fourth-order valence-electron chi connectivity index (χ4n) is 2.79. The molecule has 1 unspecified atom stereocenters. The molecule has 1 atom stereocenters. The first-order valence-electron chi connectivity index (χ1n) is 9.44. The van der Waals surface area contributed by atoms with Crippen LogP contribution in [0.3, 0.4) is 0 Å². The number of hydrogen-bond donors (Lipinski definition) is 2. The summed E-state index contributed by atoms with van der Waals surface area (Å²) in [5, 5.41) is 7.39. The minimum atomic E-state index is -1.16. The molecule has 2 aromatic carbocycles. The Hall–Kier alpha value is -3.33. The Morgan fingerprint density at radius 3 is 2.55 bits per heavy atom. The third-order valence-corrected chi connectivity index (χ3v) is 5.29. The Bertz CT molecular complexity index is 1070. The quantitative estimate of drug-likeness (QED) is 0.557. The molecule has 31 heavy (non-hydrogen) atoms. The van der Waals surface area contributed by atoms with E-state index >= 15 is 0 Å². The maximum atomic E-state index is 13.6. The van der Waals surface area contributed by atoms with Gasteiger partial charge in [-0.05, 0) is 36.8 Å². The summed E-state index contributed by atoms with van der Waals surface area (Å²) in [7, 11) is 1.39. The van der Waals surface area contributed by atoms with Crippen LogP contribution >= 0.6 is 11.3 Å². The fraction of sp³-hybridized carbons (Fsp3) is 0.227. The molecule has 1 heterocycles. The van der Waals surface area contributed by atoms with Gasteiger partial charge in [0, 0.05) is 12.4 Å². The molecule has 2 amide bonds. The second-order valence-electron chi connectivity index (χ2n) is 6.80. The Morgan fingerprint density at radius 1 is 1.13 bits per heavy atom. The van der Waals surface area contributed by atoms with Crippen molar-refractivity contribution in [2.24, 2.45) is 0 Å². The highest BCUT2D eigenvalue weighted by atomic mass is 32.1. The Labute approximate surface area is 182 Å². The first-order chi connectivity index (χ1) is 14.9. The molecule has 0 radical (unpaired) electrons. The summed E-state index contributed by atoms with van der Waals surface area (Å²) in [4.78, 5) is 29.0. The average molecular weight is 445 g/mol. The van der Waals surface area contributed by atoms with E-state index in [1.165, 1.54) is 24.5 Å². The molecule has 2 N–H and O–H groups in total. The van der Waals surface area contributed by atoms with Gasteiger partial charge in [0.25, 0.3) is 0 Å². The molecular weight excluding hydrogens is 424 g/mol. The molecule has 0 aliphatic rings. The van der Waals surface area contributed by atoms with Crippen molar-refractivity contribution in [2.45, 2.75) is 26.0 Å². The lowest BCUT2D eigenvalue weighted by Gasteiger charge is -2.17. The molecule has 3 aromatic rings. The molecule has 0 fully saturated rings. The number of halogens is 2. The van der Waals surface area contributed by atoms with Gasteiger partial charge in [0.2, 0.25) is 11.8 Å². The van der Waals surface area contributed by atoms with Gasteiger partial charge in [-0.25, -0.2) is 13.8 Å². The summed E-state index contributed by atoms with van der Waals surface area (Å²) in [5.74, 6) is -2.44. The smallest absolute Gasteiger partial charge is 0.246 e. The SMILES string of the molecule is CNC(=O)C(NC(=O)Cc1csc(COc2ccc(C)cc2)n1)c1ccc(F)c(F)c1. The van der Waals surface area contributed by atoms with E-state index in [-0.39, 0.29) is 18.6 Å². The van der Waals surface area contributed by atoms with Crippen molar-refractivity contribution in [1.29, 1.82) is 0 Å². The molecule has 0 bridgehead atoms. The van der Waals surface area contributed by atoms with Gasteiger partial charge in [-0.3, -0.25) is 9.59 Å². The van der Waals surface area contributed by atoms with Crippen LogP contribution in [0.15, 0.2) is 47.8 Å². The van der Waals surface area contributed by atoms with Crippen LogP contribution in [0.2, 0.25) is 0 Å². The van der Waals surface area contributed by atoms with Gasteiger partial charge in [0.1, 0.15) is 23.4 Å². The number of benzene rings is 2. The second kappa shape index (κ2) is 10.1. The zero-order valence-corrected chi connectivity index (χ0v) is 17.8. The van der Waals surface area contributed by atoms with Gasteiger partial charge in [-0.15, -0.1) is 11.3 Å². The Morgan fingerprint density at radius 2 is 1.87 bits per heavy atom. The number of hydrogen-bond acceptors (Lipinski definition) is 5. The highest BCUT2D eigenvalue weighted by molar-refractivity contribution is 7.09. The third-order valence-electron chi connectivity index (χ3n) is 4.42. The van der Waals surface area contributed by atoms with Crippen molar-refractivity contribution < 1.29 is 23.1 Å². The summed E-state index contributed by atoms with van der Waals surface area (Å²) < 4.78 is 32.5. The maximum absolute atomic E-state index is 13.6. The predicted octanol–water partition coefficient (Wildman–Crippen LogP) is 3.45. The number of likely N-dealkylation sites (N-methyl/N-ethyl adjacent to an activating group) is 1. The molecule has 1 aromatic heterocycles. The average Bonchev–Trinajstić information content (AvgIpc) is 3.20. The van der Waals surface area contributed by atoms with E-state index in [1.54, 1.807) is 5.38 Å². The number of carbonyl (C=O) groups is 2. The van der Waals surface area contributed by atoms with Crippen LogP contribution in [0.5, 0.6) is 5.75 Å². The minimum absolute atomic E-state index is 0.0712. The van der Waals surface area contributed by atoms with Crippen LogP contribution in [0, 0.1) is 18.6 Å². The number of thiazole rings is 1. The van der Waals surface area contributed by atoms with Crippen LogP contribution < -0.4 is 15.4 Å². The minimum Gasteiger partial charge on any atom is -0.486 e. The van der Waals surface area contributed by atoms with E-state index in [1.807, 2.05) is 31.2 Å². The van der Waals surface area contributed by atoms with Crippen molar-refractivity contribution in [3.63, 3.8) is 0 Å². The first kappa shape index (κ1) is 22.4. The number of nitrogens with zero attached hydrogens (tertiary/aromatic N) is 1. The first-order valence-corrected chi connectivity index (χ1v) is 10.3. The molecule has 9 heteroatoms. The number of aryl methyl sites for hydroxylation is 1. The van der Waals surface area contributed by atoms with Gasteiger partial charge in [0.05, 0.1) is 12.1 Å². The van der Waals surface area contributed by atoms with Gasteiger partial charge in [-0.1, -0.05) is 23.8 Å². The second-order valence-corrected chi connectivity index (χ2v) is 7.74. The molecule has 0 saturated heterocycles. The summed E-state index contributed by atoms with van der Waals surface area (Å²) in [6.07, 6.45) is -0.0712. The standard InChI is InChI=1S/C22H21F2N3O3S/c1-13-3-6-16(7-4-13)30-11-20-26-15(12-31-20)10-19(28)27-21(22(29)25-2)14-5-8-17(23)18(24)9-14/h3-9,12,21H,10-11H2,1-2H3,(H,25,29)(H,27,28). The summed E-state index contributed by atoms with van der Waals surface area (Å²) in [5.41, 5.74) is 1.79. The predicted molar refractivity (Wildman–Crippen MR) is 113 cm³/mol. The molecular formula is C22H21F2N3O3S. The monoisotopic (exact) mass is 445 g/mol. The molecule has 0 saturated carbocycles. The van der Waals surface area contributed by atoms with E-state index < -0.39 is 29.5 Å². The topological polar surface area (TPSA) is 80.3 Å². The number of nitrogens with one attached hydrogen (secondary N) is 2. The highest BCUT2D eigenvalue weighted by Crippen LogP contribution is 2.19. The lowest BCUT2D eigenvalue weighted by atomic mass is 10.1. The summed E-state index contributed by atoms with van der Waals surface area (Å²) in [6.45, 7) is 2.26. The molecule has 0 aliphatic heterocycles. The van der Waals surface area contributed by atoms with Crippen LogP contribution in [-0.2, 0) is 22.6 Å². The van der Waals surface area contributed by atoms with Gasteiger partial charge in [-0.2, -0.15) is 0 Å². The van der Waals surface area contributed by atoms with Gasteiger partial charge >= 0.3 is 0 Å². The van der Waals surface area contributed by atoms with Crippen molar-refractivity contribution in [3.8, 4) is 5.75 Å². The number of rotatable bonds is 8. The van der Waals surface area contributed by atoms with E-state index in [0.29, 0.717) is 10.7 Å². The maximum Gasteiger partial charge on any atom is 0.246 e. The Balaban J connectivity index is 1.61. The van der Waals surface area contributed by atoms with Crippen LogP contribution in [0.1, 0.15) is 27.9 Å². The summed E-state index contributed by atoms with van der Waals surface area (Å²) >= 11 is 1.36. The molecule has 0 spiro atoms. The van der Waals surface area contributed by atoms with Crippen LogP contribution in [0.4, 0.5) is 8.78 Å². The Kier molecular flexibility index (Phi) is 7.30. The lowest BCUT2D eigenvalue weighted by molar-refractivity contribution is -0.128. The molecule has 3 rings (SSSR count). The number of aromatic nitrogens is 1. The van der Waals surface area contributed by atoms with Crippen molar-refractivity contribution in [3.05, 3.63) is 81.3 Å². The largest absolute Gasteiger partial charge is 0.486 e. The van der Waals surface area contributed by atoms with Crippen molar-refractivity contribution in [2.75, 3.05) is 7.05 Å².